The maximum atomic E-state index is 13.8. The van der Waals surface area contributed by atoms with Crippen LogP contribution >= 0.6 is 11.6 Å². The van der Waals surface area contributed by atoms with Gasteiger partial charge in [0.25, 0.3) is 5.56 Å². The lowest BCUT2D eigenvalue weighted by atomic mass is 10.1. The molecule has 1 saturated heterocycles. The average Bonchev–Trinajstić information content (AvgIpc) is 2.51. The highest BCUT2D eigenvalue weighted by Crippen LogP contribution is 2.25. The van der Waals surface area contributed by atoms with E-state index in [1.807, 2.05) is 0 Å². The third-order valence-electron chi connectivity index (χ3n) is 3.78. The van der Waals surface area contributed by atoms with Gasteiger partial charge in [0.05, 0.1) is 18.0 Å². The Bertz CT molecular complexity index is 797. The molecule has 1 N–H and O–H groups in total. The smallest absolute Gasteiger partial charge is 0.292 e. The van der Waals surface area contributed by atoms with Gasteiger partial charge in [-0.05, 0) is 25.0 Å². The normalized spacial score (nSPS) is 18.3. The summed E-state index contributed by atoms with van der Waals surface area (Å²) >= 11 is 6.12. The summed E-state index contributed by atoms with van der Waals surface area (Å²) in [6.45, 7) is 1.00. The number of rotatable bonds is 2. The van der Waals surface area contributed by atoms with Crippen molar-refractivity contribution in [2.24, 2.45) is 0 Å². The van der Waals surface area contributed by atoms with Crippen LogP contribution in [0.2, 0.25) is 5.02 Å². The number of hydrogen-bond donors (Lipinski definition) is 1. The Morgan fingerprint density at radius 1 is 1.30 bits per heavy atom. The number of halogens is 3. The van der Waals surface area contributed by atoms with E-state index in [0.29, 0.717) is 31.3 Å². The highest BCUT2D eigenvalue weighted by atomic mass is 35.5. The van der Waals surface area contributed by atoms with Crippen LogP contribution in [0.1, 0.15) is 12.8 Å². The molecule has 1 atom stereocenters. The van der Waals surface area contributed by atoms with E-state index in [4.69, 9.17) is 11.6 Å². The summed E-state index contributed by atoms with van der Waals surface area (Å²) in [4.78, 5) is 14.1. The Kier molecular flexibility index (Phi) is 4.32. The van der Waals surface area contributed by atoms with Crippen molar-refractivity contribution in [3.63, 3.8) is 0 Å². The minimum Gasteiger partial charge on any atom is -0.391 e. The zero-order chi connectivity index (χ0) is 16.6. The van der Waals surface area contributed by atoms with Crippen LogP contribution in [0.5, 0.6) is 0 Å². The Hall–Kier alpha value is -1.99. The number of aromatic nitrogens is 2. The van der Waals surface area contributed by atoms with Gasteiger partial charge in [0, 0.05) is 19.2 Å². The van der Waals surface area contributed by atoms with Crippen molar-refractivity contribution in [1.29, 1.82) is 0 Å². The average molecular weight is 342 g/mol. The van der Waals surface area contributed by atoms with Gasteiger partial charge in [0.15, 0.2) is 5.82 Å². The second-order valence-electron chi connectivity index (χ2n) is 5.40. The van der Waals surface area contributed by atoms with E-state index in [2.05, 4.69) is 5.10 Å². The molecule has 0 spiro atoms. The molecule has 0 unspecified atom stereocenters. The van der Waals surface area contributed by atoms with Crippen LogP contribution in [0, 0.1) is 11.6 Å². The van der Waals surface area contributed by atoms with Crippen molar-refractivity contribution in [3.05, 3.63) is 51.4 Å². The van der Waals surface area contributed by atoms with Crippen molar-refractivity contribution < 1.29 is 13.9 Å². The lowest BCUT2D eigenvalue weighted by Gasteiger charge is -2.32. The quantitative estimate of drug-likeness (QED) is 0.909. The van der Waals surface area contributed by atoms with Crippen LogP contribution in [0.15, 0.2) is 29.2 Å². The fraction of sp³-hybridized carbons (Fsp3) is 0.333. The van der Waals surface area contributed by atoms with Crippen LogP contribution < -0.4 is 10.5 Å². The summed E-state index contributed by atoms with van der Waals surface area (Å²) < 4.78 is 27.6. The molecule has 23 heavy (non-hydrogen) atoms. The number of β-amino-alcohol motifs (C(OH)–C–C–N with tert-alkyl or cyclic N) is 1. The van der Waals surface area contributed by atoms with E-state index in [9.17, 15) is 18.7 Å². The molecule has 0 bridgehead atoms. The number of aliphatic hydroxyl groups excluding tert-OH is 1. The molecule has 0 amide bonds. The fourth-order valence-corrected chi connectivity index (χ4v) is 2.89. The predicted molar refractivity (Wildman–Crippen MR) is 82.2 cm³/mol. The van der Waals surface area contributed by atoms with Gasteiger partial charge in [-0.3, -0.25) is 4.79 Å². The lowest BCUT2D eigenvalue weighted by Crippen LogP contribution is -2.39. The molecule has 3 rings (SSSR count). The molecule has 2 aromatic rings. The maximum Gasteiger partial charge on any atom is 0.292 e. The molecule has 1 aliphatic heterocycles. The molecule has 0 radical (unpaired) electrons. The van der Waals surface area contributed by atoms with E-state index >= 15 is 0 Å². The van der Waals surface area contributed by atoms with E-state index in [0.717, 1.165) is 23.2 Å². The van der Waals surface area contributed by atoms with Crippen LogP contribution in [0.25, 0.3) is 5.69 Å². The molecule has 2 heterocycles. The van der Waals surface area contributed by atoms with E-state index in [1.165, 1.54) is 6.20 Å². The summed E-state index contributed by atoms with van der Waals surface area (Å²) in [6, 6.07) is 2.83. The summed E-state index contributed by atoms with van der Waals surface area (Å²) in [7, 11) is 0. The number of nitrogens with zero attached hydrogens (tertiary/aromatic N) is 3. The van der Waals surface area contributed by atoms with Gasteiger partial charge in [-0.2, -0.15) is 9.78 Å². The molecule has 1 fully saturated rings. The number of anilines is 1. The van der Waals surface area contributed by atoms with Gasteiger partial charge in [0.2, 0.25) is 0 Å². The molecular weight excluding hydrogens is 328 g/mol. The third kappa shape index (κ3) is 3.07. The Morgan fingerprint density at radius 3 is 2.78 bits per heavy atom. The number of piperidine rings is 1. The summed E-state index contributed by atoms with van der Waals surface area (Å²) in [6.07, 6.45) is 2.33. The molecular formula is C15H14ClF2N3O2. The summed E-state index contributed by atoms with van der Waals surface area (Å²) in [5.74, 6) is -1.65. The fourth-order valence-electron chi connectivity index (χ4n) is 2.64. The first-order valence-corrected chi connectivity index (χ1v) is 7.51. The molecule has 122 valence electrons. The first kappa shape index (κ1) is 15.9. The first-order chi connectivity index (χ1) is 11.0. The first-order valence-electron chi connectivity index (χ1n) is 7.13. The molecule has 0 saturated carbocycles. The van der Waals surface area contributed by atoms with Gasteiger partial charge in [-0.15, -0.1) is 0 Å². The second kappa shape index (κ2) is 6.25. The highest BCUT2D eigenvalue weighted by Gasteiger charge is 2.22. The SMILES string of the molecule is O=c1c(Cl)c(N2CCC[C@@H](O)C2)cnn1-c1ccc(F)cc1F. The lowest BCUT2D eigenvalue weighted by molar-refractivity contribution is 0.154. The molecule has 5 nitrogen and oxygen atoms in total. The van der Waals surface area contributed by atoms with Crippen molar-refractivity contribution >= 4 is 17.3 Å². The van der Waals surface area contributed by atoms with Crippen molar-refractivity contribution in [2.75, 3.05) is 18.0 Å². The summed E-state index contributed by atoms with van der Waals surface area (Å²) in [5.41, 5.74) is -0.479. The number of benzene rings is 1. The summed E-state index contributed by atoms with van der Waals surface area (Å²) in [5, 5.41) is 13.5. The number of aliphatic hydroxyl groups is 1. The molecule has 0 aliphatic carbocycles. The van der Waals surface area contributed by atoms with Gasteiger partial charge in [0.1, 0.15) is 16.5 Å². The van der Waals surface area contributed by atoms with Crippen molar-refractivity contribution in [1.82, 2.24) is 9.78 Å². The molecule has 8 heteroatoms. The van der Waals surface area contributed by atoms with Gasteiger partial charge >= 0.3 is 0 Å². The standard InChI is InChI=1S/C15H14ClF2N3O2/c16-14-13(20-5-1-2-10(22)8-20)7-19-21(15(14)23)12-4-3-9(17)6-11(12)18/h3-4,6-7,10,22H,1-2,5,8H2/t10-/m1/s1. The largest absolute Gasteiger partial charge is 0.391 e. The maximum absolute atomic E-state index is 13.8. The predicted octanol–water partition coefficient (Wildman–Crippen LogP) is 2.13. The van der Waals surface area contributed by atoms with Crippen LogP contribution in [-0.2, 0) is 0 Å². The van der Waals surface area contributed by atoms with Gasteiger partial charge in [-0.25, -0.2) is 8.78 Å². The molecule has 1 aromatic carbocycles. The Morgan fingerprint density at radius 2 is 2.09 bits per heavy atom. The third-order valence-corrected chi connectivity index (χ3v) is 4.13. The second-order valence-corrected chi connectivity index (χ2v) is 5.78. The Labute approximate surface area is 135 Å². The van der Waals surface area contributed by atoms with E-state index in [1.54, 1.807) is 4.90 Å². The van der Waals surface area contributed by atoms with Crippen LogP contribution in [-0.4, -0.2) is 34.1 Å². The number of hydrogen-bond acceptors (Lipinski definition) is 4. The Balaban J connectivity index is 2.02. The monoisotopic (exact) mass is 341 g/mol. The molecule has 1 aromatic heterocycles. The molecule has 1 aliphatic rings. The van der Waals surface area contributed by atoms with Crippen LogP contribution in [0.4, 0.5) is 14.5 Å². The zero-order valence-electron chi connectivity index (χ0n) is 12.0. The van der Waals surface area contributed by atoms with E-state index in [-0.39, 0.29) is 10.7 Å². The van der Waals surface area contributed by atoms with Crippen molar-refractivity contribution in [2.45, 2.75) is 18.9 Å². The van der Waals surface area contributed by atoms with Gasteiger partial charge < -0.3 is 10.0 Å². The van der Waals surface area contributed by atoms with Gasteiger partial charge in [-0.1, -0.05) is 11.6 Å². The highest BCUT2D eigenvalue weighted by molar-refractivity contribution is 6.33. The van der Waals surface area contributed by atoms with E-state index < -0.39 is 23.3 Å². The van der Waals surface area contributed by atoms with Crippen molar-refractivity contribution in [3.8, 4) is 5.69 Å². The minimum atomic E-state index is -0.906. The van der Waals surface area contributed by atoms with Crippen LogP contribution in [0.3, 0.4) is 0 Å². The topological polar surface area (TPSA) is 58.4 Å². The zero-order valence-corrected chi connectivity index (χ0v) is 12.8. The minimum absolute atomic E-state index is 0.113.